The lowest BCUT2D eigenvalue weighted by molar-refractivity contribution is 0.122. The van der Waals surface area contributed by atoms with Gasteiger partial charge in [0.1, 0.15) is 6.73 Å². The van der Waals surface area contributed by atoms with Crippen LogP contribution < -0.4 is 4.90 Å². The highest BCUT2D eigenvalue weighted by Gasteiger charge is 2.22. The minimum atomic E-state index is -0.0188. The van der Waals surface area contributed by atoms with Crippen LogP contribution in [-0.2, 0) is 4.74 Å². The van der Waals surface area contributed by atoms with Crippen molar-refractivity contribution in [3.63, 3.8) is 0 Å². The Labute approximate surface area is 123 Å². The molecule has 0 aromatic heterocycles. The maximum absolute atomic E-state index is 8.34. The van der Waals surface area contributed by atoms with Gasteiger partial charge in [0.15, 0.2) is 0 Å². The van der Waals surface area contributed by atoms with Crippen molar-refractivity contribution in [3.05, 3.63) is 65.0 Å². The van der Waals surface area contributed by atoms with E-state index in [0.717, 1.165) is 12.2 Å². The Morgan fingerprint density at radius 1 is 1.10 bits per heavy atom. The maximum atomic E-state index is 8.34. The highest BCUT2D eigenvalue weighted by atomic mass is 16.5. The molecule has 1 fully saturated rings. The molecule has 0 unspecified atom stereocenters. The third-order valence-corrected chi connectivity index (χ3v) is 3.58. The Hall–Kier alpha value is -2.49. The number of anilines is 1. The molecule has 5 heteroatoms. The summed E-state index contributed by atoms with van der Waals surface area (Å²) in [5.74, 6) is 0. The van der Waals surface area contributed by atoms with Crippen LogP contribution in [0.4, 0.5) is 5.69 Å². The first-order chi connectivity index (χ1) is 10.4. The number of ether oxygens (including phenoxy) is 1. The zero-order valence-electron chi connectivity index (χ0n) is 11.6. The molecule has 1 aliphatic rings. The molecule has 1 aliphatic heterocycles. The summed E-state index contributed by atoms with van der Waals surface area (Å²) in [5, 5.41) is 3.56. The van der Waals surface area contributed by atoms with Crippen molar-refractivity contribution in [2.45, 2.75) is 6.10 Å². The molecule has 0 aliphatic carbocycles. The van der Waals surface area contributed by atoms with Gasteiger partial charge in [-0.3, -0.25) is 0 Å². The van der Waals surface area contributed by atoms with Crippen LogP contribution in [0.5, 0.6) is 0 Å². The fraction of sp³-hybridized carbons (Fsp3) is 0.250. The van der Waals surface area contributed by atoms with Gasteiger partial charge in [-0.2, -0.15) is 0 Å². The molecule has 1 heterocycles. The summed E-state index contributed by atoms with van der Waals surface area (Å²) in [4.78, 5) is 4.91. The molecule has 3 rings (SSSR count). The van der Waals surface area contributed by atoms with Gasteiger partial charge < -0.3 is 9.64 Å². The topological polar surface area (TPSA) is 61.2 Å². The van der Waals surface area contributed by atoms with Gasteiger partial charge in [-0.25, -0.2) is 0 Å². The molecule has 2 aromatic carbocycles. The van der Waals surface area contributed by atoms with Crippen molar-refractivity contribution >= 4 is 5.69 Å². The minimum Gasteiger partial charge on any atom is -0.356 e. The second-order valence-corrected chi connectivity index (χ2v) is 4.97. The molecule has 0 spiro atoms. The SMILES string of the molecule is [N-]=[N+]=NC[C@H]1CN(c2ccc(-c3ccccc3)cc2)CO1. The molecule has 0 N–H and O–H groups in total. The number of benzene rings is 2. The zero-order chi connectivity index (χ0) is 14.5. The number of hydrogen-bond donors (Lipinski definition) is 0. The normalized spacial score (nSPS) is 17.5. The molecule has 0 saturated carbocycles. The average Bonchev–Trinajstić information content (AvgIpc) is 3.03. The lowest BCUT2D eigenvalue weighted by Gasteiger charge is -2.16. The summed E-state index contributed by atoms with van der Waals surface area (Å²) >= 11 is 0. The highest BCUT2D eigenvalue weighted by Crippen LogP contribution is 2.25. The summed E-state index contributed by atoms with van der Waals surface area (Å²) in [6.45, 7) is 1.68. The van der Waals surface area contributed by atoms with Crippen LogP contribution in [0.2, 0.25) is 0 Å². The predicted molar refractivity (Wildman–Crippen MR) is 83.0 cm³/mol. The van der Waals surface area contributed by atoms with E-state index in [1.54, 1.807) is 0 Å². The van der Waals surface area contributed by atoms with Crippen LogP contribution in [0.3, 0.4) is 0 Å². The van der Waals surface area contributed by atoms with Crippen LogP contribution in [0.15, 0.2) is 59.7 Å². The largest absolute Gasteiger partial charge is 0.356 e. The van der Waals surface area contributed by atoms with Crippen LogP contribution in [0, 0.1) is 0 Å². The van der Waals surface area contributed by atoms with Gasteiger partial charge >= 0.3 is 0 Å². The van der Waals surface area contributed by atoms with Crippen LogP contribution >= 0.6 is 0 Å². The van der Waals surface area contributed by atoms with Crippen LogP contribution in [-0.4, -0.2) is 25.9 Å². The molecule has 21 heavy (non-hydrogen) atoms. The lowest BCUT2D eigenvalue weighted by Crippen LogP contribution is -2.22. The van der Waals surface area contributed by atoms with E-state index < -0.39 is 0 Å². The predicted octanol–water partition coefficient (Wildman–Crippen LogP) is 3.83. The first-order valence-corrected chi connectivity index (χ1v) is 6.90. The smallest absolute Gasteiger partial charge is 0.119 e. The molecule has 0 radical (unpaired) electrons. The number of hydrogen-bond acceptors (Lipinski definition) is 3. The van der Waals surface area contributed by atoms with Crippen molar-refractivity contribution < 1.29 is 4.74 Å². The molecule has 106 valence electrons. The average molecular weight is 280 g/mol. The van der Waals surface area contributed by atoms with Crippen LogP contribution in [0.25, 0.3) is 21.6 Å². The Balaban J connectivity index is 1.69. The molecular weight excluding hydrogens is 264 g/mol. The van der Waals surface area contributed by atoms with E-state index in [1.165, 1.54) is 11.1 Å². The number of nitrogens with zero attached hydrogens (tertiary/aromatic N) is 4. The first kappa shape index (κ1) is 13.5. The Morgan fingerprint density at radius 3 is 2.52 bits per heavy atom. The fourth-order valence-electron chi connectivity index (χ4n) is 2.46. The van der Waals surface area contributed by atoms with Gasteiger partial charge in [-0.1, -0.05) is 47.6 Å². The third-order valence-electron chi connectivity index (χ3n) is 3.58. The molecule has 1 saturated heterocycles. The van der Waals surface area contributed by atoms with Gasteiger partial charge in [-0.15, -0.1) is 0 Å². The summed E-state index contributed by atoms with van der Waals surface area (Å²) in [5.41, 5.74) is 11.9. The van der Waals surface area contributed by atoms with Gasteiger partial charge in [0, 0.05) is 17.1 Å². The Morgan fingerprint density at radius 2 is 1.81 bits per heavy atom. The van der Waals surface area contributed by atoms with E-state index in [0.29, 0.717) is 13.3 Å². The van der Waals surface area contributed by atoms with E-state index in [-0.39, 0.29) is 6.10 Å². The lowest BCUT2D eigenvalue weighted by atomic mass is 10.1. The van der Waals surface area contributed by atoms with E-state index in [2.05, 4.69) is 51.3 Å². The number of azide groups is 1. The Kier molecular flexibility index (Phi) is 4.05. The zero-order valence-corrected chi connectivity index (χ0v) is 11.6. The van der Waals surface area contributed by atoms with Gasteiger partial charge in [-0.05, 0) is 28.8 Å². The van der Waals surface area contributed by atoms with E-state index >= 15 is 0 Å². The molecule has 0 bridgehead atoms. The summed E-state index contributed by atoms with van der Waals surface area (Å²) in [6, 6.07) is 18.7. The first-order valence-electron chi connectivity index (χ1n) is 6.90. The molecule has 1 atom stereocenters. The maximum Gasteiger partial charge on any atom is 0.119 e. The van der Waals surface area contributed by atoms with Gasteiger partial charge in [0.2, 0.25) is 0 Å². The minimum absolute atomic E-state index is 0.0188. The monoisotopic (exact) mass is 280 g/mol. The highest BCUT2D eigenvalue weighted by molar-refractivity contribution is 5.66. The summed E-state index contributed by atoms with van der Waals surface area (Å²) in [6.07, 6.45) is -0.0188. The quantitative estimate of drug-likeness (QED) is 0.485. The van der Waals surface area contributed by atoms with E-state index in [4.69, 9.17) is 10.3 Å². The standard InChI is InChI=1S/C16H16N4O/c17-19-18-10-16-11-20(12-21-16)15-8-6-14(7-9-15)13-4-2-1-3-5-13/h1-9,16H,10-12H2/t16-/m0/s1. The second-order valence-electron chi connectivity index (χ2n) is 4.97. The van der Waals surface area contributed by atoms with Crippen molar-refractivity contribution in [1.29, 1.82) is 0 Å². The van der Waals surface area contributed by atoms with Crippen LogP contribution in [0.1, 0.15) is 0 Å². The van der Waals surface area contributed by atoms with E-state index in [9.17, 15) is 0 Å². The Bertz CT molecular complexity index is 635. The van der Waals surface area contributed by atoms with E-state index in [1.807, 2.05) is 18.2 Å². The van der Waals surface area contributed by atoms with Gasteiger partial charge in [0.05, 0.1) is 12.6 Å². The van der Waals surface area contributed by atoms with Crippen molar-refractivity contribution in [1.82, 2.24) is 0 Å². The second kappa shape index (κ2) is 6.31. The molecule has 2 aromatic rings. The third kappa shape index (κ3) is 3.16. The molecular formula is C16H16N4O. The number of rotatable bonds is 4. The molecule has 5 nitrogen and oxygen atoms in total. The van der Waals surface area contributed by atoms with Gasteiger partial charge in [0.25, 0.3) is 0 Å². The fourth-order valence-corrected chi connectivity index (χ4v) is 2.46. The van der Waals surface area contributed by atoms with Crippen molar-refractivity contribution in [2.24, 2.45) is 5.11 Å². The van der Waals surface area contributed by atoms with Crippen molar-refractivity contribution in [2.75, 3.05) is 24.7 Å². The molecule has 0 amide bonds. The summed E-state index contributed by atoms with van der Waals surface area (Å²) in [7, 11) is 0. The summed E-state index contributed by atoms with van der Waals surface area (Å²) < 4.78 is 5.60. The van der Waals surface area contributed by atoms with Crippen molar-refractivity contribution in [3.8, 4) is 11.1 Å².